The van der Waals surface area contributed by atoms with Crippen LogP contribution in [0.5, 0.6) is 0 Å². The third kappa shape index (κ3) is 21.1. The van der Waals surface area contributed by atoms with Crippen LogP contribution in [0.1, 0.15) is 0 Å². The van der Waals surface area contributed by atoms with Gasteiger partial charge in [0.05, 0.1) is 19.4 Å². The Kier molecular flexibility index (Phi) is 15.6. The normalized spacial score (nSPS) is 18.3. The van der Waals surface area contributed by atoms with Crippen molar-refractivity contribution < 1.29 is 51.3 Å². The van der Waals surface area contributed by atoms with E-state index >= 15 is 0 Å². The molecule has 276 valence electrons. The Bertz CT molecular complexity index is 983. The predicted octanol–water partition coefficient (Wildman–Crippen LogP) is 6.60. The van der Waals surface area contributed by atoms with Crippen molar-refractivity contribution in [3.63, 3.8) is 0 Å². The molecule has 0 aromatic heterocycles. The first-order chi connectivity index (χ1) is 19.9. The van der Waals surface area contributed by atoms with Gasteiger partial charge in [-0.2, -0.15) is 0 Å². The minimum Gasteiger partial charge on any atom is -0.435 e. The lowest BCUT2D eigenvalue weighted by Gasteiger charge is -2.44. The molecule has 22 heteroatoms. The summed E-state index contributed by atoms with van der Waals surface area (Å²) in [6.45, 7) is 41.7. The third-order valence-electron chi connectivity index (χ3n) is 5.61. The Morgan fingerprint density at radius 2 is 0.674 bits per heavy atom. The Hall–Kier alpha value is 1.69. The molecule has 0 spiro atoms. The van der Waals surface area contributed by atoms with Crippen molar-refractivity contribution in [2.75, 3.05) is 19.4 Å². The van der Waals surface area contributed by atoms with Gasteiger partial charge in [-0.25, -0.2) is 0 Å². The number of ether oxygens (including phenoxy) is 2. The van der Waals surface area contributed by atoms with Crippen LogP contribution in [0.25, 0.3) is 0 Å². The highest BCUT2D eigenvalue weighted by atomic mass is 28.5. The zero-order valence-corrected chi connectivity index (χ0v) is 42.6. The van der Waals surface area contributed by atoms with Crippen LogP contribution in [-0.2, 0) is 46.5 Å². The van der Waals surface area contributed by atoms with E-state index in [0.717, 1.165) is 6.61 Å². The molecule has 12 nitrogen and oxygen atoms in total. The average molecular weight is 830 g/mol. The number of hydrogen-bond acceptors (Lipinski definition) is 12. The van der Waals surface area contributed by atoms with Gasteiger partial charge in [0.15, 0.2) is 0 Å². The smallest absolute Gasteiger partial charge is 0.320 e. The van der Waals surface area contributed by atoms with Crippen molar-refractivity contribution in [2.45, 2.75) is 137 Å². The SMILES string of the molecule is C[Si](C)(O)O[Si](C)(C)O[Si](C)(C)O[Si](C)(C)O[Si](C)(C)O[Si](C)(C)O[Si](C)(C)O[Si](C)(C)O[Si](C)(C)O[Si](C)(C)COCC1CO1. The fraction of sp³-hybridized carbons (Fsp3) is 1.00. The second-order valence-corrected chi connectivity index (χ2v) is 53.2. The molecular formula is C24H68O12Si10. The fourth-order valence-electron chi connectivity index (χ4n) is 6.21. The minimum absolute atomic E-state index is 0.242. The zero-order valence-electron chi connectivity index (χ0n) is 32.6. The molecule has 1 aliphatic rings. The molecule has 1 atom stereocenters. The Labute approximate surface area is 291 Å². The van der Waals surface area contributed by atoms with Crippen LogP contribution in [0.3, 0.4) is 0 Å². The van der Waals surface area contributed by atoms with E-state index in [9.17, 15) is 4.80 Å². The first-order valence-electron chi connectivity index (χ1n) is 16.2. The zero-order chi connectivity index (χ0) is 36.5. The van der Waals surface area contributed by atoms with Crippen LogP contribution < -0.4 is 0 Å². The van der Waals surface area contributed by atoms with E-state index in [1.807, 2.05) is 65.5 Å². The highest BCUT2D eigenvalue weighted by Crippen LogP contribution is 2.30. The van der Waals surface area contributed by atoms with Crippen LogP contribution in [0.4, 0.5) is 0 Å². The quantitative estimate of drug-likeness (QED) is 0.0934. The molecule has 1 N–H and O–H groups in total. The summed E-state index contributed by atoms with van der Waals surface area (Å²) in [5, 5.41) is 0. The maximum absolute atomic E-state index is 10.3. The first kappa shape index (κ1) is 45.7. The van der Waals surface area contributed by atoms with Gasteiger partial charge < -0.3 is 51.3 Å². The predicted molar refractivity (Wildman–Crippen MR) is 207 cm³/mol. The van der Waals surface area contributed by atoms with E-state index in [2.05, 4.69) is 52.4 Å². The van der Waals surface area contributed by atoms with Gasteiger partial charge >= 0.3 is 77.0 Å². The van der Waals surface area contributed by atoms with E-state index in [4.69, 9.17) is 46.5 Å². The van der Waals surface area contributed by atoms with Crippen molar-refractivity contribution in [3.8, 4) is 0 Å². The fourth-order valence-corrected chi connectivity index (χ4v) is 54.7. The maximum atomic E-state index is 10.3. The molecule has 0 aliphatic carbocycles. The Balaban J connectivity index is 2.81. The largest absolute Gasteiger partial charge is 0.435 e. The van der Waals surface area contributed by atoms with E-state index in [0.29, 0.717) is 12.8 Å². The van der Waals surface area contributed by atoms with Crippen molar-refractivity contribution in [1.82, 2.24) is 0 Å². The van der Waals surface area contributed by atoms with Gasteiger partial charge in [-0.1, -0.05) is 0 Å². The Morgan fingerprint density at radius 1 is 0.435 bits per heavy atom. The molecule has 46 heavy (non-hydrogen) atoms. The van der Waals surface area contributed by atoms with E-state index in [1.165, 1.54) is 0 Å². The van der Waals surface area contributed by atoms with Crippen LogP contribution >= 0.6 is 0 Å². The molecule has 0 aromatic carbocycles. The molecule has 0 radical (unpaired) electrons. The van der Waals surface area contributed by atoms with Gasteiger partial charge in [-0.15, -0.1) is 0 Å². The third-order valence-corrected chi connectivity index (χ3v) is 42.2. The Morgan fingerprint density at radius 3 is 0.913 bits per heavy atom. The van der Waals surface area contributed by atoms with Crippen molar-refractivity contribution in [3.05, 3.63) is 0 Å². The lowest BCUT2D eigenvalue weighted by atomic mass is 10.5. The van der Waals surface area contributed by atoms with Crippen molar-refractivity contribution in [1.29, 1.82) is 0 Å². The summed E-state index contributed by atoms with van der Waals surface area (Å²) in [7, 11) is -26.0. The van der Waals surface area contributed by atoms with Gasteiger partial charge in [-0.3, -0.25) is 0 Å². The topological polar surface area (TPSA) is 125 Å². The molecular weight excluding hydrogens is 761 g/mol. The van der Waals surface area contributed by atoms with Crippen LogP contribution in [0, 0.1) is 0 Å². The van der Waals surface area contributed by atoms with Gasteiger partial charge in [0.2, 0.25) is 8.32 Å². The molecule has 0 saturated carbocycles. The first-order valence-corrected chi connectivity index (χ1v) is 44.7. The summed E-state index contributed by atoms with van der Waals surface area (Å²) >= 11 is 0. The summed E-state index contributed by atoms with van der Waals surface area (Å²) in [5.74, 6) is 0. The second-order valence-electron chi connectivity index (χ2n) is 16.8. The lowest BCUT2D eigenvalue weighted by Crippen LogP contribution is -2.62. The molecule has 1 fully saturated rings. The van der Waals surface area contributed by atoms with E-state index in [1.54, 1.807) is 13.1 Å². The molecule has 0 amide bonds. The van der Waals surface area contributed by atoms with Crippen molar-refractivity contribution >= 4 is 85.4 Å². The molecule has 1 unspecified atom stereocenters. The highest BCUT2D eigenvalue weighted by Gasteiger charge is 2.50. The van der Waals surface area contributed by atoms with Gasteiger partial charge in [0.1, 0.15) is 6.10 Å². The molecule has 0 aromatic rings. The maximum Gasteiger partial charge on any atom is 0.320 e. The number of epoxide rings is 1. The van der Waals surface area contributed by atoms with Gasteiger partial charge in [0, 0.05) is 0 Å². The summed E-state index contributed by atoms with van der Waals surface area (Å²) in [6, 6.07) is 0. The number of hydrogen-bond donors (Lipinski definition) is 1. The summed E-state index contributed by atoms with van der Waals surface area (Å²) in [4.78, 5) is 10.3. The molecule has 1 heterocycles. The van der Waals surface area contributed by atoms with Gasteiger partial charge in [0.25, 0.3) is 0 Å². The van der Waals surface area contributed by atoms with E-state index < -0.39 is 85.4 Å². The molecule has 1 rings (SSSR count). The molecule has 1 aliphatic heterocycles. The monoisotopic (exact) mass is 828 g/mol. The lowest BCUT2D eigenvalue weighted by molar-refractivity contribution is 0.141. The van der Waals surface area contributed by atoms with Crippen molar-refractivity contribution in [2.24, 2.45) is 0 Å². The number of rotatable bonds is 22. The molecule has 0 bridgehead atoms. The summed E-state index contributed by atoms with van der Waals surface area (Å²) in [5.41, 5.74) is 0. The standard InChI is InChI=1S/C24H68O12Si10/c1-37(2,23-26-21-24-22-27-24)28-39(5,6)30-41(9,10)32-43(13,14)34-45(17,18)36-46(19,20)35-44(15,16)33-42(11,12)31-40(7,8)29-38(3,4)25/h24-25H,21-23H2,1-20H3. The minimum atomic E-state index is -2.74. The van der Waals surface area contributed by atoms with Gasteiger partial charge in [-0.05, 0) is 131 Å². The summed E-state index contributed by atoms with van der Waals surface area (Å²) < 4.78 is 70.4. The second kappa shape index (κ2) is 15.7. The molecule has 1 saturated heterocycles. The van der Waals surface area contributed by atoms with Crippen LogP contribution in [0.15, 0.2) is 0 Å². The average Bonchev–Trinajstić information content (AvgIpc) is 3.40. The van der Waals surface area contributed by atoms with E-state index in [-0.39, 0.29) is 6.10 Å². The highest BCUT2D eigenvalue weighted by molar-refractivity contribution is 6.93. The van der Waals surface area contributed by atoms with Crippen LogP contribution in [-0.4, -0.2) is 116 Å². The van der Waals surface area contributed by atoms with Crippen LogP contribution in [0.2, 0.25) is 131 Å². The summed E-state index contributed by atoms with van der Waals surface area (Å²) in [6.07, 6.45) is 0.846.